The van der Waals surface area contributed by atoms with Crippen LogP contribution in [0.2, 0.25) is 0 Å². The highest BCUT2D eigenvalue weighted by molar-refractivity contribution is 5.88. The van der Waals surface area contributed by atoms with Crippen LogP contribution >= 0.6 is 0 Å². The lowest BCUT2D eigenvalue weighted by atomic mass is 10.0. The standard InChI is InChI=1S/C27H45N3O/c1-5-9-16-29(17-10-6-2)21-23-20-24(22-30(18-11-7-3)19-12-8-4)27(31)26-25(23)14-13-15-28-26/h13-15,20,31H,5-12,16-19,21-22H2,1-4H3. The van der Waals surface area contributed by atoms with Crippen LogP contribution in [0.5, 0.6) is 5.75 Å². The summed E-state index contributed by atoms with van der Waals surface area (Å²) in [5, 5.41) is 12.2. The quantitative estimate of drug-likeness (QED) is 0.322. The summed E-state index contributed by atoms with van der Waals surface area (Å²) >= 11 is 0. The van der Waals surface area contributed by atoms with Crippen LogP contribution in [-0.2, 0) is 13.1 Å². The molecule has 2 rings (SSSR count). The van der Waals surface area contributed by atoms with Crippen molar-refractivity contribution in [1.82, 2.24) is 14.8 Å². The average molecular weight is 428 g/mol. The molecule has 1 heterocycles. The largest absolute Gasteiger partial charge is 0.505 e. The molecule has 1 N–H and O–H groups in total. The van der Waals surface area contributed by atoms with Crippen LogP contribution < -0.4 is 0 Å². The minimum atomic E-state index is 0.367. The van der Waals surface area contributed by atoms with E-state index >= 15 is 0 Å². The van der Waals surface area contributed by atoms with Crippen LogP contribution in [0.15, 0.2) is 24.4 Å². The SMILES string of the molecule is CCCCN(CCCC)Cc1cc(CN(CCCC)CCCC)c2cccnc2c1O. The zero-order valence-electron chi connectivity index (χ0n) is 20.5. The van der Waals surface area contributed by atoms with E-state index in [1.807, 2.05) is 6.07 Å². The lowest BCUT2D eigenvalue weighted by molar-refractivity contribution is 0.251. The fourth-order valence-corrected chi connectivity index (χ4v) is 4.16. The van der Waals surface area contributed by atoms with Gasteiger partial charge in [0.2, 0.25) is 0 Å². The summed E-state index contributed by atoms with van der Waals surface area (Å²) in [6, 6.07) is 6.36. The Bertz CT molecular complexity index is 745. The lowest BCUT2D eigenvalue weighted by Gasteiger charge is -2.25. The molecule has 4 nitrogen and oxygen atoms in total. The Morgan fingerprint density at radius 2 is 1.23 bits per heavy atom. The predicted octanol–water partition coefficient (Wildman–Crippen LogP) is 6.74. The first-order valence-corrected chi connectivity index (χ1v) is 12.7. The number of benzene rings is 1. The lowest BCUT2D eigenvalue weighted by Crippen LogP contribution is -2.27. The highest BCUT2D eigenvalue weighted by atomic mass is 16.3. The third-order valence-corrected chi connectivity index (χ3v) is 6.13. The number of rotatable bonds is 16. The molecule has 31 heavy (non-hydrogen) atoms. The molecule has 1 aromatic heterocycles. The van der Waals surface area contributed by atoms with E-state index in [2.05, 4.69) is 54.6 Å². The molecule has 0 spiro atoms. The van der Waals surface area contributed by atoms with Gasteiger partial charge in [-0.3, -0.25) is 14.8 Å². The highest BCUT2D eigenvalue weighted by Crippen LogP contribution is 2.32. The van der Waals surface area contributed by atoms with Crippen LogP contribution in [0.25, 0.3) is 10.9 Å². The fraction of sp³-hybridized carbons (Fsp3) is 0.667. The monoisotopic (exact) mass is 427 g/mol. The molecule has 174 valence electrons. The number of hydrogen-bond acceptors (Lipinski definition) is 4. The normalized spacial score (nSPS) is 11.8. The van der Waals surface area contributed by atoms with E-state index in [1.54, 1.807) is 6.20 Å². The number of hydrogen-bond donors (Lipinski definition) is 1. The summed E-state index contributed by atoms with van der Waals surface area (Å²) in [6.07, 6.45) is 11.5. The van der Waals surface area contributed by atoms with Gasteiger partial charge in [0.05, 0.1) is 0 Å². The van der Waals surface area contributed by atoms with E-state index in [1.165, 1.54) is 56.9 Å². The van der Waals surface area contributed by atoms with Gasteiger partial charge in [-0.05, 0) is 69.6 Å². The summed E-state index contributed by atoms with van der Waals surface area (Å²) in [7, 11) is 0. The second-order valence-electron chi connectivity index (χ2n) is 8.91. The number of fused-ring (bicyclic) bond motifs is 1. The third kappa shape index (κ3) is 8.08. The van der Waals surface area contributed by atoms with Gasteiger partial charge in [0.1, 0.15) is 11.3 Å². The molecule has 0 aliphatic rings. The fourth-order valence-electron chi connectivity index (χ4n) is 4.16. The average Bonchev–Trinajstić information content (AvgIpc) is 2.80. The Kier molecular flexibility index (Phi) is 11.9. The smallest absolute Gasteiger partial charge is 0.146 e. The number of aromatic nitrogens is 1. The molecule has 4 heteroatoms. The molecule has 0 radical (unpaired) electrons. The molecule has 0 bridgehead atoms. The predicted molar refractivity (Wildman–Crippen MR) is 134 cm³/mol. The Balaban J connectivity index is 2.35. The van der Waals surface area contributed by atoms with Crippen molar-refractivity contribution in [2.45, 2.75) is 92.2 Å². The first kappa shape index (κ1) is 25.6. The van der Waals surface area contributed by atoms with E-state index in [-0.39, 0.29) is 0 Å². The molecule has 0 aliphatic heterocycles. The summed E-state index contributed by atoms with van der Waals surface area (Å²) in [6.45, 7) is 15.2. The molecule has 2 aromatic rings. The maximum absolute atomic E-state index is 11.1. The summed E-state index contributed by atoms with van der Waals surface area (Å²) in [4.78, 5) is 9.67. The molecule has 0 aliphatic carbocycles. The molecule has 0 fully saturated rings. The molecule has 0 amide bonds. The van der Waals surface area contributed by atoms with Gasteiger partial charge in [0.25, 0.3) is 0 Å². The van der Waals surface area contributed by atoms with Crippen molar-refractivity contribution in [2.24, 2.45) is 0 Å². The topological polar surface area (TPSA) is 39.6 Å². The molecular weight excluding hydrogens is 382 g/mol. The molecule has 1 aromatic carbocycles. The van der Waals surface area contributed by atoms with Crippen LogP contribution in [0, 0.1) is 0 Å². The van der Waals surface area contributed by atoms with Gasteiger partial charge in [-0.25, -0.2) is 0 Å². The number of pyridine rings is 1. The van der Waals surface area contributed by atoms with E-state index < -0.39 is 0 Å². The Morgan fingerprint density at radius 1 is 0.742 bits per heavy atom. The van der Waals surface area contributed by atoms with Gasteiger partial charge in [0.15, 0.2) is 0 Å². The molecule has 0 unspecified atom stereocenters. The van der Waals surface area contributed by atoms with E-state index in [0.717, 1.165) is 55.7 Å². The summed E-state index contributed by atoms with van der Waals surface area (Å²) in [5.74, 6) is 0.367. The molecule has 0 atom stereocenters. The number of nitrogens with zero attached hydrogens (tertiary/aromatic N) is 3. The van der Waals surface area contributed by atoms with Gasteiger partial charge in [-0.2, -0.15) is 0 Å². The van der Waals surface area contributed by atoms with Crippen LogP contribution in [0.4, 0.5) is 0 Å². The Labute approximate surface area is 190 Å². The molecule has 0 saturated carbocycles. The van der Waals surface area contributed by atoms with Gasteiger partial charge in [-0.15, -0.1) is 0 Å². The first-order valence-electron chi connectivity index (χ1n) is 12.7. The third-order valence-electron chi connectivity index (χ3n) is 6.13. The van der Waals surface area contributed by atoms with Crippen molar-refractivity contribution in [3.8, 4) is 5.75 Å². The van der Waals surface area contributed by atoms with Crippen molar-refractivity contribution < 1.29 is 5.11 Å². The second kappa shape index (κ2) is 14.4. The van der Waals surface area contributed by atoms with E-state index in [0.29, 0.717) is 5.75 Å². The molecule has 0 saturated heterocycles. The summed E-state index contributed by atoms with van der Waals surface area (Å²) in [5.41, 5.74) is 3.08. The van der Waals surface area contributed by atoms with Crippen molar-refractivity contribution in [3.63, 3.8) is 0 Å². The van der Waals surface area contributed by atoms with Crippen LogP contribution in [0.3, 0.4) is 0 Å². The highest BCUT2D eigenvalue weighted by Gasteiger charge is 2.17. The summed E-state index contributed by atoms with van der Waals surface area (Å²) < 4.78 is 0. The zero-order valence-corrected chi connectivity index (χ0v) is 20.5. The minimum Gasteiger partial charge on any atom is -0.505 e. The van der Waals surface area contributed by atoms with Crippen molar-refractivity contribution in [2.75, 3.05) is 26.2 Å². The zero-order chi connectivity index (χ0) is 22.5. The van der Waals surface area contributed by atoms with E-state index in [4.69, 9.17) is 0 Å². The maximum atomic E-state index is 11.1. The van der Waals surface area contributed by atoms with Gasteiger partial charge >= 0.3 is 0 Å². The maximum Gasteiger partial charge on any atom is 0.146 e. The van der Waals surface area contributed by atoms with Gasteiger partial charge < -0.3 is 5.11 Å². The Morgan fingerprint density at radius 3 is 1.71 bits per heavy atom. The van der Waals surface area contributed by atoms with Gasteiger partial charge in [-0.1, -0.05) is 59.4 Å². The van der Waals surface area contributed by atoms with Crippen molar-refractivity contribution >= 4 is 10.9 Å². The Hall–Kier alpha value is -1.65. The van der Waals surface area contributed by atoms with Crippen molar-refractivity contribution in [1.29, 1.82) is 0 Å². The van der Waals surface area contributed by atoms with Crippen LogP contribution in [0.1, 0.15) is 90.2 Å². The number of unbranched alkanes of at least 4 members (excludes halogenated alkanes) is 4. The number of aromatic hydroxyl groups is 1. The van der Waals surface area contributed by atoms with Crippen LogP contribution in [-0.4, -0.2) is 46.1 Å². The first-order chi connectivity index (χ1) is 15.1. The minimum absolute atomic E-state index is 0.367. The number of phenols is 1. The second-order valence-corrected chi connectivity index (χ2v) is 8.91. The number of phenolic OH excluding ortho intramolecular Hbond substituents is 1. The van der Waals surface area contributed by atoms with Crippen molar-refractivity contribution in [3.05, 3.63) is 35.5 Å². The molecular formula is C27H45N3O. The van der Waals surface area contributed by atoms with E-state index in [9.17, 15) is 5.11 Å². The van der Waals surface area contributed by atoms with Gasteiger partial charge in [0, 0.05) is 30.2 Å².